The van der Waals surface area contributed by atoms with Crippen LogP contribution in [0.5, 0.6) is 0 Å². The lowest BCUT2D eigenvalue weighted by Crippen LogP contribution is -2.40. The summed E-state index contributed by atoms with van der Waals surface area (Å²) in [6.07, 6.45) is 2.29. The van der Waals surface area contributed by atoms with Gasteiger partial charge in [-0.05, 0) is 50.6 Å². The summed E-state index contributed by atoms with van der Waals surface area (Å²) in [5.74, 6) is 0. The first kappa shape index (κ1) is 15.5. The van der Waals surface area contributed by atoms with Crippen LogP contribution in [-0.4, -0.2) is 24.0 Å². The fourth-order valence-corrected chi connectivity index (χ4v) is 2.70. The van der Waals surface area contributed by atoms with E-state index in [0.717, 1.165) is 31.0 Å². The van der Waals surface area contributed by atoms with Crippen LogP contribution in [0.2, 0.25) is 5.02 Å². The zero-order chi connectivity index (χ0) is 13.5. The molecule has 0 amide bonds. The van der Waals surface area contributed by atoms with Gasteiger partial charge >= 0.3 is 0 Å². The highest BCUT2D eigenvalue weighted by molar-refractivity contribution is 6.30. The van der Waals surface area contributed by atoms with Gasteiger partial charge in [-0.2, -0.15) is 0 Å². The van der Waals surface area contributed by atoms with Crippen molar-refractivity contribution in [1.29, 1.82) is 0 Å². The molecular formula is C15H25ClN2. The van der Waals surface area contributed by atoms with Gasteiger partial charge in [0.25, 0.3) is 0 Å². The lowest BCUT2D eigenvalue weighted by Gasteiger charge is -2.34. The van der Waals surface area contributed by atoms with Gasteiger partial charge in [0.15, 0.2) is 0 Å². The normalized spacial score (nSPS) is 14.8. The lowest BCUT2D eigenvalue weighted by atomic mass is 9.98. The Bertz CT molecular complexity index is 346. The number of nitrogens with zero attached hydrogens (tertiary/aromatic N) is 1. The van der Waals surface area contributed by atoms with Crippen molar-refractivity contribution < 1.29 is 0 Å². The monoisotopic (exact) mass is 268 g/mol. The Morgan fingerprint density at radius 2 is 1.83 bits per heavy atom. The molecule has 2 unspecified atom stereocenters. The standard InChI is InChI=1S/C15H25ClN2/c1-4-9-18(10-5-2)15(12(3)17)13-7-6-8-14(16)11-13/h6-8,11-12,15H,4-5,9-10,17H2,1-3H3. The van der Waals surface area contributed by atoms with E-state index in [4.69, 9.17) is 17.3 Å². The predicted molar refractivity (Wildman–Crippen MR) is 80.0 cm³/mol. The van der Waals surface area contributed by atoms with Crippen LogP contribution in [0.4, 0.5) is 0 Å². The number of halogens is 1. The van der Waals surface area contributed by atoms with Gasteiger partial charge in [-0.25, -0.2) is 0 Å². The molecule has 1 aromatic carbocycles. The van der Waals surface area contributed by atoms with Crippen molar-refractivity contribution in [1.82, 2.24) is 4.90 Å². The van der Waals surface area contributed by atoms with E-state index < -0.39 is 0 Å². The zero-order valence-corrected chi connectivity index (χ0v) is 12.5. The summed E-state index contributed by atoms with van der Waals surface area (Å²) in [7, 11) is 0. The Morgan fingerprint density at radius 3 is 2.28 bits per heavy atom. The van der Waals surface area contributed by atoms with Gasteiger partial charge in [0.05, 0.1) is 0 Å². The first-order chi connectivity index (χ1) is 8.60. The first-order valence-electron chi connectivity index (χ1n) is 6.85. The van der Waals surface area contributed by atoms with Gasteiger partial charge in [-0.3, -0.25) is 4.90 Å². The fraction of sp³-hybridized carbons (Fsp3) is 0.600. The van der Waals surface area contributed by atoms with Crippen molar-refractivity contribution in [3.63, 3.8) is 0 Å². The van der Waals surface area contributed by atoms with Crippen LogP contribution in [0.1, 0.15) is 45.2 Å². The minimum Gasteiger partial charge on any atom is -0.326 e. The highest BCUT2D eigenvalue weighted by Crippen LogP contribution is 2.26. The van der Waals surface area contributed by atoms with Gasteiger partial charge in [0.1, 0.15) is 0 Å². The van der Waals surface area contributed by atoms with Gasteiger partial charge in [-0.1, -0.05) is 37.6 Å². The van der Waals surface area contributed by atoms with Gasteiger partial charge in [-0.15, -0.1) is 0 Å². The smallest absolute Gasteiger partial charge is 0.0496 e. The molecule has 2 N–H and O–H groups in total. The third-order valence-electron chi connectivity index (χ3n) is 3.10. The molecule has 0 saturated carbocycles. The SMILES string of the molecule is CCCN(CCC)C(c1cccc(Cl)c1)C(C)N. The van der Waals surface area contributed by atoms with Gasteiger partial charge in [0, 0.05) is 17.1 Å². The average Bonchev–Trinajstić information content (AvgIpc) is 2.29. The second-order valence-corrected chi connectivity index (χ2v) is 5.33. The molecule has 2 atom stereocenters. The maximum Gasteiger partial charge on any atom is 0.0496 e. The largest absolute Gasteiger partial charge is 0.326 e. The molecular weight excluding hydrogens is 244 g/mol. The maximum atomic E-state index is 6.20. The highest BCUT2D eigenvalue weighted by Gasteiger charge is 2.23. The summed E-state index contributed by atoms with van der Waals surface area (Å²) in [5, 5.41) is 0.783. The Kier molecular flexibility index (Phi) is 6.69. The zero-order valence-electron chi connectivity index (χ0n) is 11.7. The van der Waals surface area contributed by atoms with E-state index in [9.17, 15) is 0 Å². The van der Waals surface area contributed by atoms with E-state index >= 15 is 0 Å². The molecule has 0 fully saturated rings. The van der Waals surface area contributed by atoms with Crippen LogP contribution in [0.25, 0.3) is 0 Å². The molecule has 0 radical (unpaired) electrons. The number of hydrogen-bond donors (Lipinski definition) is 1. The number of rotatable bonds is 7. The molecule has 0 saturated heterocycles. The van der Waals surface area contributed by atoms with E-state index in [1.165, 1.54) is 5.56 Å². The third-order valence-corrected chi connectivity index (χ3v) is 3.34. The molecule has 1 rings (SSSR count). The topological polar surface area (TPSA) is 29.3 Å². The molecule has 0 aromatic heterocycles. The van der Waals surface area contributed by atoms with E-state index in [1.807, 2.05) is 18.2 Å². The van der Waals surface area contributed by atoms with Crippen molar-refractivity contribution in [3.8, 4) is 0 Å². The van der Waals surface area contributed by atoms with E-state index in [1.54, 1.807) is 0 Å². The van der Waals surface area contributed by atoms with Crippen molar-refractivity contribution in [2.24, 2.45) is 5.73 Å². The molecule has 3 heteroatoms. The van der Waals surface area contributed by atoms with E-state index in [2.05, 4.69) is 31.7 Å². The number of hydrogen-bond acceptors (Lipinski definition) is 2. The van der Waals surface area contributed by atoms with Crippen LogP contribution in [-0.2, 0) is 0 Å². The van der Waals surface area contributed by atoms with Crippen LogP contribution in [0.3, 0.4) is 0 Å². The molecule has 0 aliphatic carbocycles. The summed E-state index contributed by atoms with van der Waals surface area (Å²) >= 11 is 6.09. The van der Waals surface area contributed by atoms with Gasteiger partial charge in [0.2, 0.25) is 0 Å². The Balaban J connectivity index is 2.99. The molecule has 0 bridgehead atoms. The summed E-state index contributed by atoms with van der Waals surface area (Å²) in [6.45, 7) is 8.64. The number of benzene rings is 1. The van der Waals surface area contributed by atoms with Crippen molar-refractivity contribution in [2.45, 2.75) is 45.7 Å². The summed E-state index contributed by atoms with van der Waals surface area (Å²) < 4.78 is 0. The lowest BCUT2D eigenvalue weighted by molar-refractivity contribution is 0.176. The Labute approximate surface area is 116 Å². The first-order valence-corrected chi connectivity index (χ1v) is 7.23. The second kappa shape index (κ2) is 7.78. The highest BCUT2D eigenvalue weighted by atomic mass is 35.5. The van der Waals surface area contributed by atoms with Crippen molar-refractivity contribution in [2.75, 3.05) is 13.1 Å². The van der Waals surface area contributed by atoms with Crippen LogP contribution in [0.15, 0.2) is 24.3 Å². The Morgan fingerprint density at radius 1 is 1.22 bits per heavy atom. The fourth-order valence-electron chi connectivity index (χ4n) is 2.50. The molecule has 0 aliphatic heterocycles. The van der Waals surface area contributed by atoms with Crippen LogP contribution in [0, 0.1) is 0 Å². The van der Waals surface area contributed by atoms with Crippen LogP contribution < -0.4 is 5.73 Å². The summed E-state index contributed by atoms with van der Waals surface area (Å²) in [6, 6.07) is 8.42. The van der Waals surface area contributed by atoms with Gasteiger partial charge < -0.3 is 5.73 Å². The van der Waals surface area contributed by atoms with E-state index in [-0.39, 0.29) is 12.1 Å². The molecule has 102 valence electrons. The summed E-state index contributed by atoms with van der Waals surface area (Å²) in [4.78, 5) is 2.47. The second-order valence-electron chi connectivity index (χ2n) is 4.89. The molecule has 1 aromatic rings. The number of nitrogens with two attached hydrogens (primary N) is 1. The quantitative estimate of drug-likeness (QED) is 0.814. The third kappa shape index (κ3) is 4.27. The van der Waals surface area contributed by atoms with Crippen LogP contribution >= 0.6 is 11.6 Å². The maximum absolute atomic E-state index is 6.20. The predicted octanol–water partition coefficient (Wildman–Crippen LogP) is 3.85. The molecule has 18 heavy (non-hydrogen) atoms. The molecule has 2 nitrogen and oxygen atoms in total. The summed E-state index contributed by atoms with van der Waals surface area (Å²) in [5.41, 5.74) is 7.42. The minimum absolute atomic E-state index is 0.0987. The minimum atomic E-state index is 0.0987. The molecule has 0 aliphatic rings. The molecule has 0 spiro atoms. The van der Waals surface area contributed by atoms with Crippen molar-refractivity contribution >= 4 is 11.6 Å². The average molecular weight is 269 g/mol. The van der Waals surface area contributed by atoms with Crippen molar-refractivity contribution in [3.05, 3.63) is 34.9 Å². The molecule has 0 heterocycles. The Hall–Kier alpha value is -0.570. The van der Waals surface area contributed by atoms with E-state index in [0.29, 0.717) is 0 Å².